The van der Waals surface area contributed by atoms with Crippen LogP contribution in [0.15, 0.2) is 0 Å². The van der Waals surface area contributed by atoms with Crippen LogP contribution in [0.3, 0.4) is 0 Å². The minimum atomic E-state index is -2.54. The Balaban J connectivity index is 0. The molecule has 5 heteroatoms. The predicted molar refractivity (Wildman–Crippen MR) is 17.7 cm³/mol. The van der Waals surface area contributed by atoms with Crippen LogP contribution >= 0.6 is 0 Å². The van der Waals surface area contributed by atoms with Crippen LogP contribution < -0.4 is 0 Å². The molecule has 0 aromatic heterocycles. The summed E-state index contributed by atoms with van der Waals surface area (Å²) in [5, 5.41) is 0. The number of hydrogen-bond donors (Lipinski definition) is 1. The number of thiol groups is 1. The third-order valence-corrected chi connectivity index (χ3v) is 0. The summed E-state index contributed by atoms with van der Waals surface area (Å²) >= 11 is 3.57. The Morgan fingerprint density at radius 2 is 1.80 bits per heavy atom. The van der Waals surface area contributed by atoms with Crippen molar-refractivity contribution in [3.63, 3.8) is 0 Å². The van der Waals surface area contributed by atoms with Crippen molar-refractivity contribution in [2.45, 2.75) is 0 Å². The Morgan fingerprint density at radius 1 is 1.80 bits per heavy atom. The molecule has 5 heavy (non-hydrogen) atoms. The molecule has 27 valence electrons. The van der Waals surface area contributed by atoms with Crippen molar-refractivity contribution in [2.75, 3.05) is 0 Å². The molecular formula is HHgO2S2. The first-order chi connectivity index (χ1) is 1.73. The second-order valence-electron chi connectivity index (χ2n) is 0.224. The Labute approximate surface area is 57.0 Å². The molecule has 2 nitrogen and oxygen atoms in total. The van der Waals surface area contributed by atoms with E-state index in [0.717, 1.165) is 0 Å². The number of rotatable bonds is 0. The summed E-state index contributed by atoms with van der Waals surface area (Å²) < 4.78 is 17.7. The van der Waals surface area contributed by atoms with Gasteiger partial charge in [-0.3, -0.25) is 4.21 Å². The first-order valence-corrected chi connectivity index (χ1v) is 2.74. The standard InChI is InChI=1S/Hg.H2O2S2/c;1-4(2)3/h;4H,(H,1,2,3)/q+1;/p-1. The van der Waals surface area contributed by atoms with Crippen molar-refractivity contribution in [3.05, 3.63) is 0 Å². The van der Waals surface area contributed by atoms with Gasteiger partial charge < -0.3 is 4.55 Å². The van der Waals surface area contributed by atoms with E-state index in [0.29, 0.717) is 0 Å². The smallest absolute Gasteiger partial charge is 0.772 e. The topological polar surface area (TPSA) is 40.1 Å². The van der Waals surface area contributed by atoms with Crippen LogP contribution in [0.2, 0.25) is 0 Å². The van der Waals surface area contributed by atoms with E-state index in [1.54, 1.807) is 0 Å². The molecule has 0 aliphatic carbocycles. The molecular weight excluding hydrogens is 297 g/mol. The summed E-state index contributed by atoms with van der Waals surface area (Å²) in [6.07, 6.45) is 0. The van der Waals surface area contributed by atoms with Crippen molar-refractivity contribution >= 4 is 20.8 Å². The maximum absolute atomic E-state index is 8.85. The van der Waals surface area contributed by atoms with Crippen LogP contribution in [0.5, 0.6) is 0 Å². The van der Waals surface area contributed by atoms with Gasteiger partial charge in [0.05, 0.1) is 0 Å². The van der Waals surface area contributed by atoms with Crippen molar-refractivity contribution in [3.8, 4) is 0 Å². The Bertz CT molecular complexity index is 56.0. The Kier molecular flexibility index (Phi) is 10.1. The van der Waals surface area contributed by atoms with Gasteiger partial charge in [-0.2, -0.15) is 0 Å². The summed E-state index contributed by atoms with van der Waals surface area (Å²) in [5.74, 6) is 0. The van der Waals surface area contributed by atoms with Crippen molar-refractivity contribution in [2.24, 2.45) is 0 Å². The first kappa shape index (κ1) is 9.55. The van der Waals surface area contributed by atoms with Crippen LogP contribution in [-0.2, 0) is 48.5 Å². The first-order valence-electron chi connectivity index (χ1n) is 0.548. The summed E-state index contributed by atoms with van der Waals surface area (Å²) in [6, 6.07) is 0. The Hall–Kier alpha value is 1.27. The molecule has 1 unspecified atom stereocenters. The van der Waals surface area contributed by atoms with E-state index in [-0.39, 0.29) is 27.7 Å². The molecule has 0 aromatic carbocycles. The van der Waals surface area contributed by atoms with E-state index in [1.165, 1.54) is 0 Å². The van der Waals surface area contributed by atoms with Crippen LogP contribution in [0.1, 0.15) is 0 Å². The SMILES string of the molecule is O=[SH]([O-])=S.[Hg+]. The zero-order valence-electron chi connectivity index (χ0n) is 2.38. The molecule has 0 amide bonds. The van der Waals surface area contributed by atoms with Crippen molar-refractivity contribution in [1.82, 2.24) is 0 Å². The van der Waals surface area contributed by atoms with Gasteiger partial charge in [-0.05, 0) is 20.8 Å². The van der Waals surface area contributed by atoms with E-state index in [1.807, 2.05) is 0 Å². The minimum absolute atomic E-state index is 0. The van der Waals surface area contributed by atoms with Crippen LogP contribution in [0.4, 0.5) is 0 Å². The monoisotopic (exact) mass is 299 g/mol. The molecule has 0 fully saturated rings. The van der Waals surface area contributed by atoms with Gasteiger partial charge in [-0.15, -0.1) is 0 Å². The van der Waals surface area contributed by atoms with Gasteiger partial charge in [0.2, 0.25) is 0 Å². The van der Waals surface area contributed by atoms with Gasteiger partial charge in [0, 0.05) is 0 Å². The van der Waals surface area contributed by atoms with Crippen LogP contribution in [0.25, 0.3) is 0 Å². The molecule has 0 N–H and O–H groups in total. The predicted octanol–water partition coefficient (Wildman–Crippen LogP) is -0.943. The Morgan fingerprint density at radius 3 is 1.80 bits per heavy atom. The van der Waals surface area contributed by atoms with Crippen molar-refractivity contribution in [1.29, 1.82) is 0 Å². The average molecular weight is 298 g/mol. The van der Waals surface area contributed by atoms with E-state index in [4.69, 9.17) is 8.76 Å². The van der Waals surface area contributed by atoms with Gasteiger partial charge in [0.1, 0.15) is 0 Å². The maximum Gasteiger partial charge on any atom is 1.00 e. The zero-order valence-corrected chi connectivity index (χ0v) is 9.59. The summed E-state index contributed by atoms with van der Waals surface area (Å²) in [7, 11) is -2.54. The van der Waals surface area contributed by atoms with E-state index < -0.39 is 9.64 Å². The zero-order chi connectivity index (χ0) is 3.58. The molecule has 0 rings (SSSR count). The van der Waals surface area contributed by atoms with E-state index in [2.05, 4.69) is 11.2 Å². The fourth-order valence-electron chi connectivity index (χ4n) is 0. The molecule has 0 spiro atoms. The minimum Gasteiger partial charge on any atom is -0.772 e. The molecule has 0 saturated heterocycles. The van der Waals surface area contributed by atoms with Gasteiger partial charge in [0.15, 0.2) is 0 Å². The molecule has 0 saturated carbocycles. The molecule has 0 bridgehead atoms. The average Bonchev–Trinajstić information content (AvgIpc) is 0.811. The van der Waals surface area contributed by atoms with Crippen molar-refractivity contribution < 1.29 is 36.4 Å². The van der Waals surface area contributed by atoms with Crippen LogP contribution in [-0.4, -0.2) is 8.76 Å². The quantitative estimate of drug-likeness (QED) is 0.463. The fourth-order valence-corrected chi connectivity index (χ4v) is 0. The fraction of sp³-hybridized carbons (Fsp3) is 0. The third-order valence-electron chi connectivity index (χ3n) is 0. The molecule has 0 aliphatic heterocycles. The summed E-state index contributed by atoms with van der Waals surface area (Å²) in [6.45, 7) is 0. The molecule has 1 atom stereocenters. The maximum atomic E-state index is 8.85. The molecule has 0 aromatic rings. The third kappa shape index (κ3) is 35.1. The van der Waals surface area contributed by atoms with Gasteiger partial charge in [-0.1, -0.05) is 0 Å². The summed E-state index contributed by atoms with van der Waals surface area (Å²) in [5.41, 5.74) is 0. The second kappa shape index (κ2) is 5.27. The number of hydrogen-bond acceptors (Lipinski definition) is 3. The van der Waals surface area contributed by atoms with Gasteiger partial charge in [-0.25, -0.2) is 0 Å². The molecule has 0 heterocycles. The largest absolute Gasteiger partial charge is 1.00 e. The normalized spacial score (nSPS) is 12.2. The van der Waals surface area contributed by atoms with Gasteiger partial charge in [0.25, 0.3) is 0 Å². The molecule has 1 radical (unpaired) electrons. The second-order valence-corrected chi connectivity index (χ2v) is 1.57. The van der Waals surface area contributed by atoms with E-state index >= 15 is 0 Å². The van der Waals surface area contributed by atoms with Gasteiger partial charge >= 0.3 is 27.7 Å². The summed E-state index contributed by atoms with van der Waals surface area (Å²) in [4.78, 5) is 0. The molecule has 0 aliphatic rings. The van der Waals surface area contributed by atoms with E-state index in [9.17, 15) is 0 Å². The van der Waals surface area contributed by atoms with Crippen LogP contribution in [0, 0.1) is 0 Å².